The van der Waals surface area contributed by atoms with Crippen LogP contribution in [0.1, 0.15) is 33.8 Å². The third-order valence-corrected chi connectivity index (χ3v) is 5.19. The monoisotopic (exact) mass is 295 g/mol. The van der Waals surface area contributed by atoms with E-state index < -0.39 is 0 Å². The Kier molecular flexibility index (Phi) is 5.77. The molecule has 2 rings (SSSR count). The summed E-state index contributed by atoms with van der Waals surface area (Å²) in [5.74, 6) is 7.00. The van der Waals surface area contributed by atoms with Crippen molar-refractivity contribution in [2.75, 3.05) is 18.9 Å². The molecule has 102 valence electrons. The zero-order valence-corrected chi connectivity index (χ0v) is 12.3. The van der Waals surface area contributed by atoms with Crippen molar-refractivity contribution >= 4 is 29.0 Å². The summed E-state index contributed by atoms with van der Waals surface area (Å²) in [4.78, 5) is 13.5. The zero-order chi connectivity index (χ0) is 13.5. The van der Waals surface area contributed by atoms with Crippen LogP contribution in [0.15, 0.2) is 12.1 Å². The van der Waals surface area contributed by atoms with Gasteiger partial charge in [0.05, 0.1) is 16.4 Å². The highest BCUT2D eigenvalue weighted by atomic mass is 32.2. The Hall–Kier alpha value is -0.960. The van der Waals surface area contributed by atoms with E-state index in [-0.39, 0.29) is 12.5 Å². The first kappa shape index (κ1) is 14.4. The standard InChI is InChI=1S/C14H17NO2S2/c16-8-2-1-4-11-6-7-13(19-11)14(17)15-10-12-5-3-9-18-12/h6-7,12,16H,2-3,5,8-10H2,(H,15,17). The first-order chi connectivity index (χ1) is 9.29. The Morgan fingerprint density at radius 1 is 1.53 bits per heavy atom. The molecule has 0 spiro atoms. The van der Waals surface area contributed by atoms with Gasteiger partial charge in [0.15, 0.2) is 0 Å². The molecular weight excluding hydrogens is 278 g/mol. The lowest BCUT2D eigenvalue weighted by Crippen LogP contribution is -2.29. The van der Waals surface area contributed by atoms with Crippen molar-refractivity contribution in [2.24, 2.45) is 0 Å². The fraction of sp³-hybridized carbons (Fsp3) is 0.500. The van der Waals surface area contributed by atoms with E-state index in [1.807, 2.05) is 23.9 Å². The van der Waals surface area contributed by atoms with Gasteiger partial charge in [-0.1, -0.05) is 11.8 Å². The molecule has 1 amide bonds. The number of nitrogens with one attached hydrogen (secondary N) is 1. The van der Waals surface area contributed by atoms with Crippen molar-refractivity contribution < 1.29 is 9.90 Å². The Bertz CT molecular complexity index is 481. The van der Waals surface area contributed by atoms with Crippen molar-refractivity contribution in [1.82, 2.24) is 5.32 Å². The molecule has 5 heteroatoms. The molecule has 0 aliphatic carbocycles. The average molecular weight is 295 g/mol. The molecule has 1 saturated heterocycles. The second-order valence-corrected chi connectivity index (χ2v) is 6.78. The molecule has 0 saturated carbocycles. The van der Waals surface area contributed by atoms with E-state index in [0.29, 0.717) is 16.5 Å². The van der Waals surface area contributed by atoms with Crippen LogP contribution < -0.4 is 5.32 Å². The minimum Gasteiger partial charge on any atom is -0.395 e. The molecule has 1 aliphatic heterocycles. The largest absolute Gasteiger partial charge is 0.395 e. The first-order valence-corrected chi connectivity index (χ1v) is 8.25. The maximum atomic E-state index is 11.9. The highest BCUT2D eigenvalue weighted by molar-refractivity contribution is 8.00. The Morgan fingerprint density at radius 3 is 3.16 bits per heavy atom. The second-order valence-electron chi connectivity index (χ2n) is 4.28. The number of aliphatic hydroxyl groups is 1. The summed E-state index contributed by atoms with van der Waals surface area (Å²) < 4.78 is 0. The molecule has 3 nitrogen and oxygen atoms in total. The van der Waals surface area contributed by atoms with Gasteiger partial charge in [0, 0.05) is 18.2 Å². The lowest BCUT2D eigenvalue weighted by Gasteiger charge is -2.08. The zero-order valence-electron chi connectivity index (χ0n) is 10.6. The van der Waals surface area contributed by atoms with Gasteiger partial charge in [-0.15, -0.1) is 11.3 Å². The van der Waals surface area contributed by atoms with Crippen molar-refractivity contribution in [2.45, 2.75) is 24.5 Å². The van der Waals surface area contributed by atoms with Crippen molar-refractivity contribution in [3.63, 3.8) is 0 Å². The third kappa shape index (κ3) is 4.57. The van der Waals surface area contributed by atoms with E-state index in [4.69, 9.17) is 5.11 Å². The van der Waals surface area contributed by atoms with Crippen LogP contribution in [-0.2, 0) is 0 Å². The van der Waals surface area contributed by atoms with E-state index in [1.165, 1.54) is 29.9 Å². The SMILES string of the molecule is O=C(NCC1CCCS1)c1ccc(C#CCCO)s1. The molecule has 1 atom stereocenters. The van der Waals surface area contributed by atoms with Crippen molar-refractivity contribution in [3.05, 3.63) is 21.9 Å². The normalized spacial score (nSPS) is 17.8. The highest BCUT2D eigenvalue weighted by Crippen LogP contribution is 2.25. The topological polar surface area (TPSA) is 49.3 Å². The third-order valence-electron chi connectivity index (χ3n) is 2.79. The molecule has 1 aromatic heterocycles. The summed E-state index contributed by atoms with van der Waals surface area (Å²) in [5.41, 5.74) is 0. The summed E-state index contributed by atoms with van der Waals surface area (Å²) in [6.07, 6.45) is 2.93. The molecule has 1 aliphatic rings. The van der Waals surface area contributed by atoms with Crippen LogP contribution in [0.3, 0.4) is 0 Å². The van der Waals surface area contributed by atoms with Crippen LogP contribution in [0.4, 0.5) is 0 Å². The van der Waals surface area contributed by atoms with Crippen LogP contribution in [0.25, 0.3) is 0 Å². The molecule has 2 N–H and O–H groups in total. The number of carbonyl (C=O) groups is 1. The lowest BCUT2D eigenvalue weighted by molar-refractivity contribution is 0.0957. The number of hydrogen-bond donors (Lipinski definition) is 2. The summed E-state index contributed by atoms with van der Waals surface area (Å²) in [6.45, 7) is 0.831. The molecule has 1 aromatic rings. The number of thioether (sulfide) groups is 1. The number of thiophene rings is 1. The van der Waals surface area contributed by atoms with Gasteiger partial charge in [-0.05, 0) is 30.7 Å². The maximum Gasteiger partial charge on any atom is 0.261 e. The summed E-state index contributed by atoms with van der Waals surface area (Å²) in [6, 6.07) is 3.67. The van der Waals surface area contributed by atoms with Crippen LogP contribution in [0.5, 0.6) is 0 Å². The lowest BCUT2D eigenvalue weighted by atomic mass is 10.2. The Labute approximate surface area is 121 Å². The van der Waals surface area contributed by atoms with E-state index in [9.17, 15) is 4.79 Å². The number of hydrogen-bond acceptors (Lipinski definition) is 4. The van der Waals surface area contributed by atoms with Gasteiger partial charge < -0.3 is 10.4 Å². The quantitative estimate of drug-likeness (QED) is 0.837. The molecule has 0 bridgehead atoms. The van der Waals surface area contributed by atoms with Gasteiger partial charge in [0.25, 0.3) is 5.91 Å². The average Bonchev–Trinajstić information content (AvgIpc) is 3.07. The maximum absolute atomic E-state index is 11.9. The van der Waals surface area contributed by atoms with Crippen LogP contribution in [0, 0.1) is 11.8 Å². The van der Waals surface area contributed by atoms with Crippen LogP contribution in [0.2, 0.25) is 0 Å². The van der Waals surface area contributed by atoms with E-state index in [1.54, 1.807) is 0 Å². The van der Waals surface area contributed by atoms with Gasteiger partial charge in [0.1, 0.15) is 0 Å². The van der Waals surface area contributed by atoms with Gasteiger partial charge in [-0.2, -0.15) is 11.8 Å². The van der Waals surface area contributed by atoms with E-state index in [2.05, 4.69) is 17.2 Å². The van der Waals surface area contributed by atoms with Crippen LogP contribution in [-0.4, -0.2) is 35.2 Å². The van der Waals surface area contributed by atoms with Gasteiger partial charge in [-0.25, -0.2) is 0 Å². The molecule has 1 unspecified atom stereocenters. The predicted octanol–water partition coefficient (Wildman–Crippen LogP) is 2.11. The highest BCUT2D eigenvalue weighted by Gasteiger charge is 2.17. The number of carbonyl (C=O) groups excluding carboxylic acids is 1. The molecule has 1 fully saturated rings. The number of aliphatic hydroxyl groups excluding tert-OH is 1. The van der Waals surface area contributed by atoms with Gasteiger partial charge in [0.2, 0.25) is 0 Å². The smallest absolute Gasteiger partial charge is 0.261 e. The minimum atomic E-state index is -0.00675. The summed E-state index contributed by atoms with van der Waals surface area (Å²) >= 11 is 3.34. The van der Waals surface area contributed by atoms with Crippen LogP contribution >= 0.6 is 23.1 Å². The minimum absolute atomic E-state index is 0.00675. The molecule has 0 radical (unpaired) electrons. The van der Waals surface area contributed by atoms with Crippen molar-refractivity contribution in [3.8, 4) is 11.8 Å². The van der Waals surface area contributed by atoms with Gasteiger partial charge >= 0.3 is 0 Å². The van der Waals surface area contributed by atoms with Gasteiger partial charge in [-0.3, -0.25) is 4.79 Å². The number of rotatable bonds is 4. The van der Waals surface area contributed by atoms with E-state index in [0.717, 1.165) is 11.4 Å². The predicted molar refractivity (Wildman–Crippen MR) is 80.7 cm³/mol. The summed E-state index contributed by atoms with van der Waals surface area (Å²) in [7, 11) is 0. The number of amides is 1. The molecule has 0 aromatic carbocycles. The van der Waals surface area contributed by atoms with Crippen molar-refractivity contribution in [1.29, 1.82) is 0 Å². The Morgan fingerprint density at radius 2 is 2.42 bits per heavy atom. The first-order valence-electron chi connectivity index (χ1n) is 6.39. The molecule has 2 heterocycles. The fourth-order valence-electron chi connectivity index (χ4n) is 1.83. The Balaban J connectivity index is 1.83. The molecular formula is C14H17NO2S2. The second kappa shape index (κ2) is 7.59. The summed E-state index contributed by atoms with van der Waals surface area (Å²) in [5, 5.41) is 12.2. The molecule has 19 heavy (non-hydrogen) atoms. The fourth-order valence-corrected chi connectivity index (χ4v) is 3.83. The van der Waals surface area contributed by atoms with E-state index >= 15 is 0 Å².